The first-order chi connectivity index (χ1) is 7.97. The lowest BCUT2D eigenvalue weighted by Gasteiger charge is -2.09. The molecule has 0 aliphatic carbocycles. The summed E-state index contributed by atoms with van der Waals surface area (Å²) in [5.41, 5.74) is 0.646. The van der Waals surface area contributed by atoms with E-state index >= 15 is 0 Å². The predicted octanol–water partition coefficient (Wildman–Crippen LogP) is 5.55. The number of aliphatic hydroxyl groups excluding tert-OH is 1. The summed E-state index contributed by atoms with van der Waals surface area (Å²) < 4.78 is 1.37. The van der Waals surface area contributed by atoms with E-state index in [1.54, 1.807) is 24.3 Å². The first kappa shape index (κ1) is 13.7. The zero-order valence-corrected chi connectivity index (χ0v) is 12.9. The van der Waals surface area contributed by atoms with Crippen LogP contribution in [0.25, 0.3) is 0 Å². The highest BCUT2D eigenvalue weighted by molar-refractivity contribution is 9.10. The molecule has 1 aromatic heterocycles. The van der Waals surface area contributed by atoms with Gasteiger partial charge in [-0.1, -0.05) is 34.8 Å². The van der Waals surface area contributed by atoms with Gasteiger partial charge >= 0.3 is 0 Å². The molecule has 0 saturated heterocycles. The minimum atomic E-state index is -0.778. The van der Waals surface area contributed by atoms with Crippen LogP contribution in [0.4, 0.5) is 0 Å². The van der Waals surface area contributed by atoms with Crippen molar-refractivity contribution in [1.29, 1.82) is 0 Å². The molecule has 0 aliphatic rings. The van der Waals surface area contributed by atoms with Gasteiger partial charge in [-0.05, 0) is 45.8 Å². The Kier molecular flexibility index (Phi) is 4.40. The third kappa shape index (κ3) is 3.16. The van der Waals surface area contributed by atoms with Gasteiger partial charge in [0.25, 0.3) is 0 Å². The molecule has 0 amide bonds. The lowest BCUT2D eigenvalue weighted by molar-refractivity contribution is 0.224. The minimum Gasteiger partial charge on any atom is -0.383 e. The first-order valence-electron chi connectivity index (χ1n) is 4.56. The molecule has 6 heteroatoms. The maximum Gasteiger partial charge on any atom is 0.113 e. The van der Waals surface area contributed by atoms with Crippen molar-refractivity contribution in [1.82, 2.24) is 0 Å². The van der Waals surface area contributed by atoms with Crippen molar-refractivity contribution < 1.29 is 5.11 Å². The fourth-order valence-corrected chi connectivity index (χ4v) is 3.69. The van der Waals surface area contributed by atoms with Gasteiger partial charge in [-0.3, -0.25) is 0 Å². The maximum absolute atomic E-state index is 10.2. The van der Waals surface area contributed by atoms with Crippen LogP contribution in [0.3, 0.4) is 0 Å². The van der Waals surface area contributed by atoms with Crippen LogP contribution < -0.4 is 0 Å². The van der Waals surface area contributed by atoms with E-state index in [1.165, 1.54) is 11.3 Å². The fraction of sp³-hybridized carbons (Fsp3) is 0.0909. The van der Waals surface area contributed by atoms with Gasteiger partial charge in [-0.25, -0.2) is 0 Å². The highest BCUT2D eigenvalue weighted by Gasteiger charge is 2.16. The topological polar surface area (TPSA) is 20.2 Å². The van der Waals surface area contributed by atoms with Gasteiger partial charge in [0.1, 0.15) is 10.4 Å². The number of benzene rings is 1. The van der Waals surface area contributed by atoms with Gasteiger partial charge in [-0.15, -0.1) is 11.3 Å². The smallest absolute Gasteiger partial charge is 0.113 e. The highest BCUT2D eigenvalue weighted by atomic mass is 79.9. The van der Waals surface area contributed by atoms with Crippen molar-refractivity contribution in [3.05, 3.63) is 53.6 Å². The van der Waals surface area contributed by atoms with Crippen molar-refractivity contribution >= 4 is 62.1 Å². The molecule has 0 fully saturated rings. The number of halogens is 4. The summed E-state index contributed by atoms with van der Waals surface area (Å²) in [6, 6.07) is 6.77. The molecule has 1 unspecified atom stereocenters. The molecule has 1 N–H and O–H groups in total. The Balaban J connectivity index is 2.39. The number of thiophene rings is 1. The third-order valence-electron chi connectivity index (χ3n) is 2.13. The van der Waals surface area contributed by atoms with Crippen LogP contribution in [0.1, 0.15) is 16.5 Å². The van der Waals surface area contributed by atoms with E-state index in [9.17, 15) is 5.11 Å². The van der Waals surface area contributed by atoms with Crippen LogP contribution in [-0.4, -0.2) is 5.11 Å². The lowest BCUT2D eigenvalue weighted by atomic mass is 10.1. The van der Waals surface area contributed by atoms with E-state index in [-0.39, 0.29) is 0 Å². The monoisotopic (exact) mass is 370 g/mol. The minimum absolute atomic E-state index is 0.494. The largest absolute Gasteiger partial charge is 0.383 e. The Morgan fingerprint density at radius 1 is 1.06 bits per heavy atom. The second-order valence-electron chi connectivity index (χ2n) is 3.38. The van der Waals surface area contributed by atoms with E-state index in [1.807, 2.05) is 0 Å². The summed E-state index contributed by atoms with van der Waals surface area (Å²) in [6.45, 7) is 0. The van der Waals surface area contributed by atoms with Crippen LogP contribution in [0.2, 0.25) is 14.4 Å². The second kappa shape index (κ2) is 5.47. The molecule has 17 heavy (non-hydrogen) atoms. The molecule has 90 valence electrons. The maximum atomic E-state index is 10.2. The first-order valence-corrected chi connectivity index (χ1v) is 7.30. The number of aliphatic hydroxyl groups is 1. The molecule has 0 radical (unpaired) electrons. The molecule has 0 saturated carbocycles. The van der Waals surface area contributed by atoms with E-state index in [2.05, 4.69) is 15.9 Å². The SMILES string of the molecule is OC(c1cc(Cl)cc(Cl)c1)c1cc(Br)c(Cl)s1. The Morgan fingerprint density at radius 3 is 2.12 bits per heavy atom. The third-order valence-corrected chi connectivity index (χ3v) is 5.10. The van der Waals surface area contributed by atoms with Crippen LogP contribution in [0.5, 0.6) is 0 Å². The normalized spacial score (nSPS) is 12.8. The standard InChI is InChI=1S/C11H6BrCl3OS/c12-8-4-9(17-11(8)15)10(16)5-1-6(13)3-7(14)2-5/h1-4,10,16H. The predicted molar refractivity (Wildman–Crippen MR) is 77.6 cm³/mol. The average Bonchev–Trinajstić information content (AvgIpc) is 2.57. The molecule has 0 bridgehead atoms. The van der Waals surface area contributed by atoms with Gasteiger partial charge in [0.05, 0.1) is 0 Å². The van der Waals surface area contributed by atoms with Crippen molar-refractivity contribution in [2.75, 3.05) is 0 Å². The Bertz CT molecular complexity index is 516. The Hall–Kier alpha value is 0.230. The molecule has 0 aliphatic heterocycles. The summed E-state index contributed by atoms with van der Waals surface area (Å²) in [7, 11) is 0. The van der Waals surface area contributed by atoms with Crippen molar-refractivity contribution in [3.8, 4) is 0 Å². The molecular weight excluding hydrogens is 366 g/mol. The molecule has 2 aromatic rings. The molecule has 0 spiro atoms. The summed E-state index contributed by atoms with van der Waals surface area (Å²) in [5.74, 6) is 0. The molecule has 2 rings (SSSR count). The van der Waals surface area contributed by atoms with E-state index in [0.717, 1.165) is 9.35 Å². The van der Waals surface area contributed by atoms with Gasteiger partial charge in [-0.2, -0.15) is 0 Å². The van der Waals surface area contributed by atoms with Crippen molar-refractivity contribution in [3.63, 3.8) is 0 Å². The highest BCUT2D eigenvalue weighted by Crippen LogP contribution is 2.38. The number of rotatable bonds is 2. The van der Waals surface area contributed by atoms with E-state index in [4.69, 9.17) is 34.8 Å². The van der Waals surface area contributed by atoms with Gasteiger partial charge in [0.15, 0.2) is 0 Å². The molecule has 1 atom stereocenters. The second-order valence-corrected chi connectivity index (χ2v) is 6.79. The van der Waals surface area contributed by atoms with Gasteiger partial charge < -0.3 is 5.11 Å². The zero-order chi connectivity index (χ0) is 12.6. The molecular formula is C11H6BrCl3OS. The van der Waals surface area contributed by atoms with Crippen molar-refractivity contribution in [2.24, 2.45) is 0 Å². The summed E-state index contributed by atoms with van der Waals surface area (Å²) in [5, 5.41) is 11.2. The quantitative estimate of drug-likeness (QED) is 0.732. The summed E-state index contributed by atoms with van der Waals surface area (Å²) >= 11 is 22.3. The Labute approximate surface area is 126 Å². The summed E-state index contributed by atoms with van der Waals surface area (Å²) in [6.07, 6.45) is -0.778. The van der Waals surface area contributed by atoms with Crippen LogP contribution in [0.15, 0.2) is 28.7 Å². The van der Waals surface area contributed by atoms with E-state index < -0.39 is 6.10 Å². The molecule has 1 nitrogen and oxygen atoms in total. The number of hydrogen-bond acceptors (Lipinski definition) is 2. The lowest BCUT2D eigenvalue weighted by Crippen LogP contribution is -1.96. The number of hydrogen-bond donors (Lipinski definition) is 1. The molecule has 1 aromatic carbocycles. The van der Waals surface area contributed by atoms with Crippen molar-refractivity contribution in [2.45, 2.75) is 6.10 Å². The van der Waals surface area contributed by atoms with Gasteiger partial charge in [0.2, 0.25) is 0 Å². The van der Waals surface area contributed by atoms with Gasteiger partial charge in [0, 0.05) is 19.4 Å². The van der Waals surface area contributed by atoms with Crippen LogP contribution >= 0.6 is 62.1 Å². The van der Waals surface area contributed by atoms with Crippen LogP contribution in [-0.2, 0) is 0 Å². The summed E-state index contributed by atoms with van der Waals surface area (Å²) in [4.78, 5) is 0.736. The molecule has 1 heterocycles. The average molecular weight is 372 g/mol. The zero-order valence-electron chi connectivity index (χ0n) is 8.25. The fourth-order valence-electron chi connectivity index (χ4n) is 1.40. The van der Waals surface area contributed by atoms with E-state index in [0.29, 0.717) is 19.9 Å². The Morgan fingerprint density at radius 2 is 1.65 bits per heavy atom. The van der Waals surface area contributed by atoms with Crippen LogP contribution in [0, 0.1) is 0 Å².